The van der Waals surface area contributed by atoms with Crippen molar-refractivity contribution >= 4 is 23.2 Å². The van der Waals surface area contributed by atoms with E-state index in [9.17, 15) is 4.79 Å². The molecule has 3 aromatic rings. The van der Waals surface area contributed by atoms with Gasteiger partial charge in [-0.1, -0.05) is 41.9 Å². The summed E-state index contributed by atoms with van der Waals surface area (Å²) in [5.74, 6) is -0.395. The lowest BCUT2D eigenvalue weighted by Gasteiger charge is -2.05. The van der Waals surface area contributed by atoms with Gasteiger partial charge >= 0.3 is 0 Å². The van der Waals surface area contributed by atoms with Crippen molar-refractivity contribution in [1.82, 2.24) is 5.16 Å². The summed E-state index contributed by atoms with van der Waals surface area (Å²) in [5, 5.41) is 15.8. The third-order valence-corrected chi connectivity index (χ3v) is 3.53. The Balaban J connectivity index is 1.67. The van der Waals surface area contributed by atoms with Gasteiger partial charge < -0.3 is 14.6 Å². The van der Waals surface area contributed by atoms with Crippen LogP contribution in [-0.2, 0) is 6.61 Å². The summed E-state index contributed by atoms with van der Waals surface area (Å²) in [5.41, 5.74) is 1.55. The summed E-state index contributed by atoms with van der Waals surface area (Å²) in [7, 11) is 0. The first kappa shape index (κ1) is 16.6. The standard InChI is InChI=1S/C18H12ClN3O3/c19-14-7-6-13(10-20)15(8-14)21-18(23)16-9-17(22-25-16)24-11-12-4-2-1-3-5-12/h1-9H,11H2,(H,21,23). The molecular weight excluding hydrogens is 342 g/mol. The summed E-state index contributed by atoms with van der Waals surface area (Å²) in [6.07, 6.45) is 0. The van der Waals surface area contributed by atoms with Gasteiger partial charge in [0.25, 0.3) is 11.8 Å². The average molecular weight is 354 g/mol. The van der Waals surface area contributed by atoms with E-state index >= 15 is 0 Å². The number of rotatable bonds is 5. The molecule has 0 saturated carbocycles. The van der Waals surface area contributed by atoms with Crippen molar-refractivity contribution in [1.29, 1.82) is 5.26 Å². The van der Waals surface area contributed by atoms with Crippen LogP contribution in [0.25, 0.3) is 0 Å². The summed E-state index contributed by atoms with van der Waals surface area (Å²) < 4.78 is 10.5. The average Bonchev–Trinajstić information content (AvgIpc) is 3.10. The van der Waals surface area contributed by atoms with Crippen LogP contribution in [0, 0.1) is 11.3 Å². The lowest BCUT2D eigenvalue weighted by atomic mass is 10.2. The Labute approximate surface area is 148 Å². The van der Waals surface area contributed by atoms with Crippen molar-refractivity contribution in [2.45, 2.75) is 6.61 Å². The largest absolute Gasteiger partial charge is 0.471 e. The van der Waals surface area contributed by atoms with Gasteiger partial charge in [0.1, 0.15) is 12.7 Å². The Morgan fingerprint density at radius 1 is 1.24 bits per heavy atom. The van der Waals surface area contributed by atoms with E-state index in [1.807, 2.05) is 36.4 Å². The van der Waals surface area contributed by atoms with Crippen LogP contribution in [0.15, 0.2) is 59.1 Å². The molecule has 124 valence electrons. The first-order valence-electron chi connectivity index (χ1n) is 7.30. The van der Waals surface area contributed by atoms with E-state index in [4.69, 9.17) is 26.1 Å². The second kappa shape index (κ2) is 7.51. The van der Waals surface area contributed by atoms with Crippen molar-refractivity contribution in [3.05, 3.63) is 76.5 Å². The number of nitrogens with one attached hydrogen (secondary N) is 1. The number of aromatic nitrogens is 1. The minimum absolute atomic E-state index is 0.0353. The van der Waals surface area contributed by atoms with Gasteiger partial charge in [-0.15, -0.1) is 0 Å². The molecule has 0 fully saturated rings. The minimum Gasteiger partial charge on any atom is -0.471 e. The molecule has 0 atom stereocenters. The van der Waals surface area contributed by atoms with Gasteiger partial charge in [0, 0.05) is 5.02 Å². The molecule has 2 aromatic carbocycles. The van der Waals surface area contributed by atoms with Gasteiger partial charge in [-0.2, -0.15) is 5.26 Å². The molecule has 0 spiro atoms. The van der Waals surface area contributed by atoms with Crippen LogP contribution in [0.5, 0.6) is 5.88 Å². The number of anilines is 1. The monoisotopic (exact) mass is 353 g/mol. The highest BCUT2D eigenvalue weighted by atomic mass is 35.5. The fraction of sp³-hybridized carbons (Fsp3) is 0.0556. The van der Waals surface area contributed by atoms with Gasteiger partial charge in [-0.25, -0.2) is 0 Å². The van der Waals surface area contributed by atoms with Crippen molar-refractivity contribution in [3.8, 4) is 11.9 Å². The second-order valence-corrected chi connectivity index (χ2v) is 5.50. The number of carbonyl (C=O) groups excluding carboxylic acids is 1. The van der Waals surface area contributed by atoms with Crippen LogP contribution in [-0.4, -0.2) is 11.1 Å². The van der Waals surface area contributed by atoms with Crippen molar-refractivity contribution in [2.24, 2.45) is 0 Å². The fourth-order valence-corrected chi connectivity index (χ4v) is 2.24. The predicted octanol–water partition coefficient (Wildman–Crippen LogP) is 4.03. The molecule has 7 heteroatoms. The molecule has 0 aliphatic heterocycles. The van der Waals surface area contributed by atoms with Gasteiger partial charge in [-0.3, -0.25) is 4.79 Å². The van der Waals surface area contributed by atoms with Crippen LogP contribution in [0.1, 0.15) is 21.7 Å². The normalized spacial score (nSPS) is 10.1. The number of benzene rings is 2. The maximum atomic E-state index is 12.2. The number of nitrogens with zero attached hydrogens (tertiary/aromatic N) is 2. The molecular formula is C18H12ClN3O3. The third-order valence-electron chi connectivity index (χ3n) is 3.29. The first-order valence-corrected chi connectivity index (χ1v) is 7.68. The van der Waals surface area contributed by atoms with Crippen molar-refractivity contribution in [2.75, 3.05) is 5.32 Å². The highest BCUT2D eigenvalue weighted by Gasteiger charge is 2.16. The van der Waals surface area contributed by atoms with Crippen LogP contribution in [0.2, 0.25) is 5.02 Å². The summed E-state index contributed by atoms with van der Waals surface area (Å²) >= 11 is 5.89. The van der Waals surface area contributed by atoms with Gasteiger partial charge in [0.15, 0.2) is 0 Å². The molecule has 3 rings (SSSR count). The summed E-state index contributed by atoms with van der Waals surface area (Å²) in [4.78, 5) is 12.2. The van der Waals surface area contributed by atoms with Crippen molar-refractivity contribution in [3.63, 3.8) is 0 Å². The molecule has 0 unspecified atom stereocenters. The lowest BCUT2D eigenvalue weighted by molar-refractivity contribution is 0.0987. The van der Waals surface area contributed by atoms with Crippen LogP contribution in [0.3, 0.4) is 0 Å². The zero-order valence-corrected chi connectivity index (χ0v) is 13.7. The molecule has 1 amide bonds. The minimum atomic E-state index is -0.555. The van der Waals surface area contributed by atoms with E-state index in [2.05, 4.69) is 10.5 Å². The number of hydrogen-bond acceptors (Lipinski definition) is 5. The van der Waals surface area contributed by atoms with Gasteiger partial charge in [-0.05, 0) is 28.9 Å². The molecule has 0 radical (unpaired) electrons. The Morgan fingerprint density at radius 2 is 2.04 bits per heavy atom. The molecule has 0 aliphatic carbocycles. The Hall–Kier alpha value is -3.30. The highest BCUT2D eigenvalue weighted by molar-refractivity contribution is 6.31. The number of nitriles is 1. The van der Waals surface area contributed by atoms with E-state index < -0.39 is 5.91 Å². The number of ether oxygens (including phenoxy) is 1. The highest BCUT2D eigenvalue weighted by Crippen LogP contribution is 2.22. The van der Waals surface area contributed by atoms with Crippen LogP contribution >= 0.6 is 11.6 Å². The van der Waals surface area contributed by atoms with Crippen LogP contribution in [0.4, 0.5) is 5.69 Å². The first-order chi connectivity index (χ1) is 12.2. The zero-order valence-electron chi connectivity index (χ0n) is 12.9. The van der Waals surface area contributed by atoms with E-state index in [0.29, 0.717) is 17.3 Å². The zero-order chi connectivity index (χ0) is 17.6. The summed E-state index contributed by atoms with van der Waals surface area (Å²) in [6.45, 7) is 0.307. The quantitative estimate of drug-likeness (QED) is 0.748. The molecule has 0 saturated heterocycles. The smallest absolute Gasteiger partial charge is 0.294 e. The Morgan fingerprint density at radius 3 is 2.80 bits per heavy atom. The van der Waals surface area contributed by atoms with Gasteiger partial charge in [0.2, 0.25) is 5.76 Å². The maximum absolute atomic E-state index is 12.2. The van der Waals surface area contributed by atoms with Gasteiger partial charge in [0.05, 0.1) is 17.3 Å². The molecule has 6 nitrogen and oxygen atoms in total. The number of carbonyl (C=O) groups is 1. The van der Waals surface area contributed by atoms with Crippen LogP contribution < -0.4 is 10.1 Å². The number of halogens is 1. The number of hydrogen-bond donors (Lipinski definition) is 1. The molecule has 1 heterocycles. The van der Waals surface area contributed by atoms with E-state index in [1.54, 1.807) is 6.07 Å². The second-order valence-electron chi connectivity index (χ2n) is 5.06. The topological polar surface area (TPSA) is 88.2 Å². The van der Waals surface area contributed by atoms with Crippen molar-refractivity contribution < 1.29 is 14.1 Å². The Kier molecular flexibility index (Phi) is 4.97. The summed E-state index contributed by atoms with van der Waals surface area (Å²) in [6, 6.07) is 17.5. The number of amides is 1. The molecule has 25 heavy (non-hydrogen) atoms. The third kappa shape index (κ3) is 4.16. The molecule has 1 N–H and O–H groups in total. The molecule has 0 bridgehead atoms. The Bertz CT molecular complexity index is 932. The predicted molar refractivity (Wildman–Crippen MR) is 91.4 cm³/mol. The molecule has 0 aliphatic rings. The fourth-order valence-electron chi connectivity index (χ4n) is 2.07. The lowest BCUT2D eigenvalue weighted by Crippen LogP contribution is -2.12. The van der Waals surface area contributed by atoms with E-state index in [-0.39, 0.29) is 17.2 Å². The SMILES string of the molecule is N#Cc1ccc(Cl)cc1NC(=O)c1cc(OCc2ccccc2)no1. The maximum Gasteiger partial charge on any atom is 0.294 e. The van der Waals surface area contributed by atoms with E-state index in [1.165, 1.54) is 18.2 Å². The molecule has 1 aromatic heterocycles. The van der Waals surface area contributed by atoms with E-state index in [0.717, 1.165) is 5.56 Å².